The van der Waals surface area contributed by atoms with E-state index in [1.165, 1.54) is 41.9 Å². The number of sulfonamides is 1. The Labute approximate surface area is 203 Å². The van der Waals surface area contributed by atoms with Crippen LogP contribution in [0.4, 0.5) is 0 Å². The molecule has 7 nitrogen and oxygen atoms in total. The fourth-order valence-electron chi connectivity index (χ4n) is 3.58. The molecule has 0 radical (unpaired) electrons. The molecule has 34 heavy (non-hydrogen) atoms. The van der Waals surface area contributed by atoms with Crippen molar-refractivity contribution in [3.63, 3.8) is 0 Å². The van der Waals surface area contributed by atoms with E-state index in [0.717, 1.165) is 5.56 Å². The Morgan fingerprint density at radius 1 is 1.03 bits per heavy atom. The number of nitrogens with zero attached hydrogens (tertiary/aromatic N) is 2. The van der Waals surface area contributed by atoms with E-state index in [2.05, 4.69) is 10.3 Å². The Hall–Kier alpha value is -3.46. The Kier molecular flexibility index (Phi) is 7.12. The third kappa shape index (κ3) is 5.04. The molecule has 1 unspecified atom stereocenters. The molecule has 1 heterocycles. The van der Waals surface area contributed by atoms with Gasteiger partial charge in [0.2, 0.25) is 21.8 Å². The highest BCUT2D eigenvalue weighted by atomic mass is 35.5. The fourth-order valence-corrected chi connectivity index (χ4v) is 5.27. The molecule has 174 valence electrons. The SMILES string of the molecule is CNC(=O)C(c1ccccc1)N(Cc1ccc(-c2ncco2)cc1)S(=O)(=O)c1ccc(Cl)cc1. The molecule has 0 bridgehead atoms. The van der Waals surface area contributed by atoms with Crippen LogP contribution in [0.5, 0.6) is 0 Å². The van der Waals surface area contributed by atoms with E-state index in [0.29, 0.717) is 22.0 Å². The van der Waals surface area contributed by atoms with Crippen LogP contribution in [-0.2, 0) is 21.4 Å². The lowest BCUT2D eigenvalue weighted by Crippen LogP contribution is -2.42. The van der Waals surface area contributed by atoms with E-state index in [1.54, 1.807) is 54.7 Å². The molecule has 1 aromatic heterocycles. The zero-order valence-electron chi connectivity index (χ0n) is 18.3. The van der Waals surface area contributed by atoms with Crippen LogP contribution in [0.1, 0.15) is 17.2 Å². The maximum absolute atomic E-state index is 13.8. The lowest BCUT2D eigenvalue weighted by Gasteiger charge is -2.30. The van der Waals surface area contributed by atoms with Crippen LogP contribution in [0, 0.1) is 0 Å². The first-order chi connectivity index (χ1) is 16.4. The molecular formula is C25H22ClN3O4S. The Bertz CT molecular complexity index is 1340. The highest BCUT2D eigenvalue weighted by Crippen LogP contribution is 2.31. The average Bonchev–Trinajstić information content (AvgIpc) is 3.40. The summed E-state index contributed by atoms with van der Waals surface area (Å²) in [7, 11) is -2.61. The zero-order chi connectivity index (χ0) is 24.1. The molecule has 0 saturated heterocycles. The van der Waals surface area contributed by atoms with Crippen molar-refractivity contribution in [1.82, 2.24) is 14.6 Å². The third-order valence-electron chi connectivity index (χ3n) is 5.29. The number of nitrogens with one attached hydrogen (secondary N) is 1. The predicted octanol–water partition coefficient (Wildman–Crippen LogP) is 4.67. The quantitative estimate of drug-likeness (QED) is 0.383. The number of oxazole rings is 1. The van der Waals surface area contributed by atoms with E-state index in [9.17, 15) is 13.2 Å². The van der Waals surface area contributed by atoms with E-state index < -0.39 is 22.0 Å². The van der Waals surface area contributed by atoms with Crippen molar-refractivity contribution in [2.75, 3.05) is 7.05 Å². The Morgan fingerprint density at radius 3 is 2.29 bits per heavy atom. The summed E-state index contributed by atoms with van der Waals surface area (Å²) >= 11 is 5.97. The van der Waals surface area contributed by atoms with Crippen molar-refractivity contribution >= 4 is 27.5 Å². The van der Waals surface area contributed by atoms with E-state index >= 15 is 0 Å². The van der Waals surface area contributed by atoms with Crippen LogP contribution in [-0.4, -0.2) is 30.7 Å². The second-order valence-electron chi connectivity index (χ2n) is 7.47. The maximum atomic E-state index is 13.8. The van der Waals surface area contributed by atoms with Crippen LogP contribution in [0.15, 0.2) is 101 Å². The number of aromatic nitrogens is 1. The van der Waals surface area contributed by atoms with Gasteiger partial charge in [0, 0.05) is 24.2 Å². The summed E-state index contributed by atoms with van der Waals surface area (Å²) in [5.41, 5.74) is 2.00. The standard InChI is InChI=1S/C25H22ClN3O4S/c1-27-24(30)23(19-5-3-2-4-6-19)29(34(31,32)22-13-11-21(26)12-14-22)17-18-7-9-20(10-8-18)25-28-15-16-33-25/h2-16,23H,17H2,1H3,(H,27,30). The number of carbonyl (C=O) groups excluding carboxylic acids is 1. The third-order valence-corrected chi connectivity index (χ3v) is 7.37. The van der Waals surface area contributed by atoms with Gasteiger partial charge in [-0.2, -0.15) is 4.31 Å². The second-order valence-corrected chi connectivity index (χ2v) is 9.79. The summed E-state index contributed by atoms with van der Waals surface area (Å²) in [4.78, 5) is 17.2. The van der Waals surface area contributed by atoms with Crippen LogP contribution in [0.3, 0.4) is 0 Å². The number of carbonyl (C=O) groups is 1. The molecule has 0 saturated carbocycles. The van der Waals surface area contributed by atoms with E-state index in [1.807, 2.05) is 6.07 Å². The maximum Gasteiger partial charge on any atom is 0.244 e. The zero-order valence-corrected chi connectivity index (χ0v) is 19.8. The number of amides is 1. The summed E-state index contributed by atoms with van der Waals surface area (Å²) in [6, 6.07) is 20.8. The molecule has 1 atom stereocenters. The van der Waals surface area contributed by atoms with Gasteiger partial charge in [0.1, 0.15) is 12.3 Å². The first-order valence-corrected chi connectivity index (χ1v) is 12.2. The fraction of sp³-hybridized carbons (Fsp3) is 0.120. The van der Waals surface area contributed by atoms with Crippen LogP contribution in [0.25, 0.3) is 11.5 Å². The molecule has 4 aromatic rings. The average molecular weight is 496 g/mol. The van der Waals surface area contributed by atoms with Crippen molar-refractivity contribution in [1.29, 1.82) is 0 Å². The molecular weight excluding hydrogens is 474 g/mol. The summed E-state index contributed by atoms with van der Waals surface area (Å²) < 4.78 is 34.2. The summed E-state index contributed by atoms with van der Waals surface area (Å²) in [6.45, 7) is -0.0379. The molecule has 3 aromatic carbocycles. The van der Waals surface area contributed by atoms with Gasteiger partial charge in [-0.1, -0.05) is 54.1 Å². The smallest absolute Gasteiger partial charge is 0.244 e. The number of benzene rings is 3. The first-order valence-electron chi connectivity index (χ1n) is 10.4. The minimum Gasteiger partial charge on any atom is -0.445 e. The Balaban J connectivity index is 1.78. The molecule has 9 heteroatoms. The van der Waals surface area contributed by atoms with Crippen LogP contribution < -0.4 is 5.32 Å². The normalized spacial score (nSPS) is 12.4. The lowest BCUT2D eigenvalue weighted by atomic mass is 10.1. The van der Waals surface area contributed by atoms with Gasteiger partial charge in [0.05, 0.1) is 11.1 Å². The topological polar surface area (TPSA) is 92.5 Å². The van der Waals surface area contributed by atoms with Crippen molar-refractivity contribution < 1.29 is 17.6 Å². The van der Waals surface area contributed by atoms with Crippen molar-refractivity contribution in [3.8, 4) is 11.5 Å². The van der Waals surface area contributed by atoms with Gasteiger partial charge >= 0.3 is 0 Å². The van der Waals surface area contributed by atoms with Gasteiger partial charge < -0.3 is 9.73 Å². The number of rotatable bonds is 8. The second kappa shape index (κ2) is 10.2. The number of hydrogen-bond acceptors (Lipinski definition) is 5. The van der Waals surface area contributed by atoms with Gasteiger partial charge in [-0.25, -0.2) is 13.4 Å². The minimum absolute atomic E-state index is 0.0379. The summed E-state index contributed by atoms with van der Waals surface area (Å²) in [6.07, 6.45) is 3.04. The van der Waals surface area contributed by atoms with Crippen LogP contribution in [0.2, 0.25) is 5.02 Å². The minimum atomic E-state index is -4.09. The Morgan fingerprint density at radius 2 is 1.71 bits per heavy atom. The molecule has 1 N–H and O–H groups in total. The van der Waals surface area contributed by atoms with Crippen molar-refractivity contribution in [2.45, 2.75) is 17.5 Å². The molecule has 0 aliphatic heterocycles. The van der Waals surface area contributed by atoms with E-state index in [-0.39, 0.29) is 11.4 Å². The van der Waals surface area contributed by atoms with Gasteiger partial charge in [0.15, 0.2) is 0 Å². The molecule has 0 aliphatic carbocycles. The number of halogens is 1. The monoisotopic (exact) mass is 495 g/mol. The molecule has 4 rings (SSSR count). The molecule has 0 spiro atoms. The van der Waals surface area contributed by atoms with Gasteiger partial charge in [-0.3, -0.25) is 4.79 Å². The van der Waals surface area contributed by atoms with Crippen molar-refractivity contribution in [2.24, 2.45) is 0 Å². The largest absolute Gasteiger partial charge is 0.445 e. The first kappa shape index (κ1) is 23.7. The highest BCUT2D eigenvalue weighted by Gasteiger charge is 2.36. The summed E-state index contributed by atoms with van der Waals surface area (Å²) in [5, 5.41) is 3.02. The number of likely N-dealkylation sites (N-methyl/N-ethyl adjacent to an activating group) is 1. The van der Waals surface area contributed by atoms with Gasteiger partial charge in [0.25, 0.3) is 0 Å². The predicted molar refractivity (Wildman–Crippen MR) is 129 cm³/mol. The van der Waals surface area contributed by atoms with Gasteiger partial charge in [-0.05, 0) is 47.5 Å². The molecule has 1 amide bonds. The highest BCUT2D eigenvalue weighted by molar-refractivity contribution is 7.89. The number of hydrogen-bond donors (Lipinski definition) is 1. The summed E-state index contributed by atoms with van der Waals surface area (Å²) in [5.74, 6) is 0.0184. The van der Waals surface area contributed by atoms with Crippen molar-refractivity contribution in [3.05, 3.63) is 107 Å². The lowest BCUT2D eigenvalue weighted by molar-refractivity contribution is -0.124. The molecule has 0 fully saturated rings. The van der Waals surface area contributed by atoms with Gasteiger partial charge in [-0.15, -0.1) is 0 Å². The molecule has 0 aliphatic rings. The van der Waals surface area contributed by atoms with Crippen LogP contribution >= 0.6 is 11.6 Å². The van der Waals surface area contributed by atoms with E-state index in [4.69, 9.17) is 16.0 Å².